The summed E-state index contributed by atoms with van der Waals surface area (Å²) >= 11 is 0. The van der Waals surface area contributed by atoms with Crippen LogP contribution in [0.1, 0.15) is 12.8 Å². The van der Waals surface area contributed by atoms with Gasteiger partial charge in [0.15, 0.2) is 0 Å². The average molecular weight is 244 g/mol. The van der Waals surface area contributed by atoms with Gasteiger partial charge >= 0.3 is 6.03 Å². The van der Waals surface area contributed by atoms with Crippen LogP contribution in [0.5, 0.6) is 0 Å². The molecule has 0 spiro atoms. The number of rotatable bonds is 8. The fourth-order valence-electron chi connectivity index (χ4n) is 1.63. The standard InChI is InChI=1S/C12H28N4O/c1-13-12(17)16(10-6-8-14(2)3)11-7-9-15(4)5/h6-11H2,1-5H3,(H,13,17). The van der Waals surface area contributed by atoms with Crippen molar-refractivity contribution in [2.24, 2.45) is 0 Å². The maximum absolute atomic E-state index is 11.7. The molecule has 5 nitrogen and oxygen atoms in total. The zero-order valence-corrected chi connectivity index (χ0v) is 12.0. The van der Waals surface area contributed by atoms with Crippen molar-refractivity contribution in [2.45, 2.75) is 12.8 Å². The van der Waals surface area contributed by atoms with Crippen LogP contribution < -0.4 is 5.32 Å². The highest BCUT2D eigenvalue weighted by Crippen LogP contribution is 1.97. The molecule has 0 bridgehead atoms. The lowest BCUT2D eigenvalue weighted by Gasteiger charge is -2.23. The van der Waals surface area contributed by atoms with Crippen molar-refractivity contribution in [1.82, 2.24) is 20.0 Å². The van der Waals surface area contributed by atoms with Gasteiger partial charge in [-0.15, -0.1) is 0 Å². The van der Waals surface area contributed by atoms with E-state index in [2.05, 4.69) is 43.3 Å². The maximum atomic E-state index is 11.7. The van der Waals surface area contributed by atoms with E-state index < -0.39 is 0 Å². The highest BCUT2D eigenvalue weighted by Gasteiger charge is 2.10. The van der Waals surface area contributed by atoms with Crippen LogP contribution in [0, 0.1) is 0 Å². The second-order valence-electron chi connectivity index (χ2n) is 4.86. The summed E-state index contributed by atoms with van der Waals surface area (Å²) in [7, 11) is 9.90. The number of urea groups is 1. The van der Waals surface area contributed by atoms with Gasteiger partial charge in [0.1, 0.15) is 0 Å². The molecule has 0 aromatic heterocycles. The maximum Gasteiger partial charge on any atom is 0.317 e. The normalized spacial score (nSPS) is 11.0. The van der Waals surface area contributed by atoms with Crippen LogP contribution in [-0.2, 0) is 0 Å². The molecule has 0 heterocycles. The number of hydrogen-bond acceptors (Lipinski definition) is 3. The molecule has 0 atom stereocenters. The van der Waals surface area contributed by atoms with Crippen LogP contribution in [-0.4, -0.2) is 82.1 Å². The molecule has 0 aliphatic heterocycles. The Labute approximate surface area is 106 Å². The number of carbonyl (C=O) groups is 1. The molecule has 0 radical (unpaired) electrons. The third-order valence-corrected chi connectivity index (χ3v) is 2.57. The lowest BCUT2D eigenvalue weighted by atomic mass is 10.3. The van der Waals surface area contributed by atoms with E-state index in [4.69, 9.17) is 0 Å². The quantitative estimate of drug-likeness (QED) is 0.677. The van der Waals surface area contributed by atoms with Gasteiger partial charge in [-0.1, -0.05) is 0 Å². The fraction of sp³-hybridized carbons (Fsp3) is 0.917. The molecule has 1 N–H and O–H groups in total. The van der Waals surface area contributed by atoms with Gasteiger partial charge in [0.05, 0.1) is 0 Å². The number of nitrogens with zero attached hydrogens (tertiary/aromatic N) is 3. The molecule has 2 amide bonds. The van der Waals surface area contributed by atoms with Crippen molar-refractivity contribution in [1.29, 1.82) is 0 Å². The highest BCUT2D eigenvalue weighted by atomic mass is 16.2. The van der Waals surface area contributed by atoms with Crippen LogP contribution >= 0.6 is 0 Å². The van der Waals surface area contributed by atoms with Crippen LogP contribution in [0.15, 0.2) is 0 Å². The molecule has 0 saturated heterocycles. The Bertz CT molecular complexity index is 193. The monoisotopic (exact) mass is 244 g/mol. The molecule has 0 rings (SSSR count). The van der Waals surface area contributed by atoms with Crippen LogP contribution in [0.3, 0.4) is 0 Å². The summed E-state index contributed by atoms with van der Waals surface area (Å²) in [6.07, 6.45) is 2.03. The van der Waals surface area contributed by atoms with Crippen molar-refractivity contribution >= 4 is 6.03 Å². The number of hydrogen-bond donors (Lipinski definition) is 1. The number of carbonyl (C=O) groups excluding carboxylic acids is 1. The predicted octanol–water partition coefficient (Wildman–Crippen LogP) is 0.531. The van der Waals surface area contributed by atoms with Crippen molar-refractivity contribution in [3.63, 3.8) is 0 Å². The van der Waals surface area contributed by atoms with Gasteiger partial charge in [-0.25, -0.2) is 4.79 Å². The van der Waals surface area contributed by atoms with Crippen molar-refractivity contribution in [3.8, 4) is 0 Å². The number of nitrogens with one attached hydrogen (secondary N) is 1. The number of amides is 2. The van der Waals surface area contributed by atoms with Crippen LogP contribution in [0.25, 0.3) is 0 Å². The van der Waals surface area contributed by atoms with E-state index in [1.54, 1.807) is 7.05 Å². The van der Waals surface area contributed by atoms with E-state index in [1.807, 2.05) is 4.90 Å². The van der Waals surface area contributed by atoms with Gasteiger partial charge in [-0.05, 0) is 54.1 Å². The van der Waals surface area contributed by atoms with Crippen molar-refractivity contribution in [3.05, 3.63) is 0 Å². The van der Waals surface area contributed by atoms with Crippen molar-refractivity contribution < 1.29 is 4.79 Å². The molecular formula is C12H28N4O. The first kappa shape index (κ1) is 16.2. The summed E-state index contributed by atoms with van der Waals surface area (Å²) in [6, 6.07) is 0.0301. The molecule has 0 aromatic carbocycles. The third kappa shape index (κ3) is 8.94. The van der Waals surface area contributed by atoms with Gasteiger partial charge in [-0.3, -0.25) is 0 Å². The topological polar surface area (TPSA) is 38.8 Å². The molecule has 17 heavy (non-hydrogen) atoms. The average Bonchev–Trinajstić information content (AvgIpc) is 2.25. The fourth-order valence-corrected chi connectivity index (χ4v) is 1.63. The smallest absolute Gasteiger partial charge is 0.317 e. The van der Waals surface area contributed by atoms with Gasteiger partial charge in [0, 0.05) is 20.1 Å². The Kier molecular flexibility index (Phi) is 8.80. The van der Waals surface area contributed by atoms with Crippen molar-refractivity contribution in [2.75, 3.05) is 61.4 Å². The molecule has 0 aromatic rings. The minimum Gasteiger partial charge on any atom is -0.341 e. The summed E-state index contributed by atoms with van der Waals surface area (Å²) in [5.74, 6) is 0. The summed E-state index contributed by atoms with van der Waals surface area (Å²) < 4.78 is 0. The Morgan fingerprint density at radius 1 is 0.882 bits per heavy atom. The molecule has 0 unspecified atom stereocenters. The van der Waals surface area contributed by atoms with Gasteiger partial charge in [0.25, 0.3) is 0 Å². The summed E-state index contributed by atoms with van der Waals surface area (Å²) in [5.41, 5.74) is 0. The highest BCUT2D eigenvalue weighted by molar-refractivity contribution is 5.73. The molecule has 0 aliphatic carbocycles. The van der Waals surface area contributed by atoms with Gasteiger partial charge in [0.2, 0.25) is 0 Å². The first-order chi connectivity index (χ1) is 7.97. The van der Waals surface area contributed by atoms with E-state index in [1.165, 1.54) is 0 Å². The first-order valence-corrected chi connectivity index (χ1v) is 6.23. The first-order valence-electron chi connectivity index (χ1n) is 6.23. The van der Waals surface area contributed by atoms with E-state index in [0.29, 0.717) is 0 Å². The minimum atomic E-state index is 0.0301. The SMILES string of the molecule is CNC(=O)N(CCCN(C)C)CCCN(C)C. The van der Waals surface area contributed by atoms with Crippen LogP contribution in [0.2, 0.25) is 0 Å². The Balaban J connectivity index is 3.93. The molecular weight excluding hydrogens is 216 g/mol. The second-order valence-corrected chi connectivity index (χ2v) is 4.86. The summed E-state index contributed by atoms with van der Waals surface area (Å²) in [5, 5.41) is 2.70. The van der Waals surface area contributed by atoms with E-state index in [0.717, 1.165) is 39.0 Å². The lowest BCUT2D eigenvalue weighted by Crippen LogP contribution is -2.40. The third-order valence-electron chi connectivity index (χ3n) is 2.57. The van der Waals surface area contributed by atoms with E-state index in [9.17, 15) is 4.79 Å². The zero-order chi connectivity index (χ0) is 13.3. The Morgan fingerprint density at radius 3 is 1.59 bits per heavy atom. The molecule has 0 saturated carbocycles. The van der Waals surface area contributed by atoms with Gasteiger partial charge in [-0.2, -0.15) is 0 Å². The predicted molar refractivity (Wildman–Crippen MR) is 72.4 cm³/mol. The van der Waals surface area contributed by atoms with E-state index in [-0.39, 0.29) is 6.03 Å². The Morgan fingerprint density at radius 2 is 1.29 bits per heavy atom. The largest absolute Gasteiger partial charge is 0.341 e. The Hall–Kier alpha value is -0.810. The van der Waals surface area contributed by atoms with E-state index >= 15 is 0 Å². The minimum absolute atomic E-state index is 0.0301. The molecule has 102 valence electrons. The zero-order valence-electron chi connectivity index (χ0n) is 12.0. The van der Waals surface area contributed by atoms with Crippen LogP contribution in [0.4, 0.5) is 4.79 Å². The second kappa shape index (κ2) is 9.24. The summed E-state index contributed by atoms with van der Waals surface area (Å²) in [4.78, 5) is 17.8. The summed E-state index contributed by atoms with van der Waals surface area (Å²) in [6.45, 7) is 3.68. The molecule has 0 fully saturated rings. The lowest BCUT2D eigenvalue weighted by molar-refractivity contribution is 0.194. The molecule has 5 heteroatoms. The van der Waals surface area contributed by atoms with Gasteiger partial charge < -0.3 is 20.0 Å². The molecule has 0 aliphatic rings.